The molecule has 3 heteroatoms. The van der Waals surface area contributed by atoms with E-state index >= 15 is 0 Å². The summed E-state index contributed by atoms with van der Waals surface area (Å²) in [4.78, 5) is 11.2. The van der Waals surface area contributed by atoms with E-state index < -0.39 is 11.7 Å². The van der Waals surface area contributed by atoms with Gasteiger partial charge in [0.2, 0.25) is 0 Å². The van der Waals surface area contributed by atoms with Gasteiger partial charge in [0.15, 0.2) is 5.78 Å². The lowest BCUT2D eigenvalue weighted by Gasteiger charge is -2.41. The normalized spacial score (nSPS) is 39.2. The molecule has 2 rings (SSSR count). The monoisotopic (exact) mass is 182 g/mol. The molecule has 13 heavy (non-hydrogen) atoms. The average Bonchev–Trinajstić information content (AvgIpc) is 2.11. The topological polar surface area (TPSA) is 46.5 Å². The minimum absolute atomic E-state index is 0.0622. The van der Waals surface area contributed by atoms with Crippen molar-refractivity contribution in [3.05, 3.63) is 12.3 Å². The van der Waals surface area contributed by atoms with Gasteiger partial charge in [-0.1, -0.05) is 6.42 Å². The van der Waals surface area contributed by atoms with Crippen molar-refractivity contribution in [2.45, 2.75) is 43.8 Å². The summed E-state index contributed by atoms with van der Waals surface area (Å²) in [6.45, 7) is 0. The number of aliphatic hydroxyl groups is 1. The van der Waals surface area contributed by atoms with Crippen LogP contribution in [0.4, 0.5) is 0 Å². The molecule has 1 fully saturated rings. The summed E-state index contributed by atoms with van der Waals surface area (Å²) >= 11 is 0. The first kappa shape index (κ1) is 8.75. The average molecular weight is 182 g/mol. The van der Waals surface area contributed by atoms with Gasteiger partial charge in [-0.3, -0.25) is 4.79 Å². The molecule has 0 amide bonds. The second-order valence-corrected chi connectivity index (χ2v) is 3.89. The minimum atomic E-state index is -0.593. The first-order valence-corrected chi connectivity index (χ1v) is 4.78. The highest BCUT2D eigenvalue weighted by molar-refractivity contribution is 5.91. The fraction of sp³-hybridized carbons (Fsp3) is 0.700. The quantitative estimate of drug-likeness (QED) is 0.611. The molecule has 2 unspecified atom stereocenters. The van der Waals surface area contributed by atoms with Crippen LogP contribution >= 0.6 is 0 Å². The Balaban J connectivity index is 2.18. The second-order valence-electron chi connectivity index (χ2n) is 3.89. The lowest BCUT2D eigenvalue weighted by molar-refractivity contribution is -0.141. The van der Waals surface area contributed by atoms with Crippen molar-refractivity contribution >= 4 is 5.78 Å². The second kappa shape index (κ2) is 3.14. The number of hydrogen-bond acceptors (Lipinski definition) is 3. The number of ketones is 1. The van der Waals surface area contributed by atoms with Gasteiger partial charge in [0.25, 0.3) is 0 Å². The predicted molar refractivity (Wildman–Crippen MR) is 47.1 cm³/mol. The van der Waals surface area contributed by atoms with Gasteiger partial charge in [-0.15, -0.1) is 0 Å². The molecule has 0 aromatic carbocycles. The van der Waals surface area contributed by atoms with Crippen molar-refractivity contribution in [2.75, 3.05) is 0 Å². The number of ether oxygens (including phenoxy) is 1. The summed E-state index contributed by atoms with van der Waals surface area (Å²) in [6, 6.07) is 0. The Kier molecular flexibility index (Phi) is 2.12. The Morgan fingerprint density at radius 3 is 3.08 bits per heavy atom. The van der Waals surface area contributed by atoms with E-state index in [4.69, 9.17) is 4.74 Å². The highest BCUT2D eigenvalue weighted by atomic mass is 16.5. The van der Waals surface area contributed by atoms with Gasteiger partial charge < -0.3 is 9.84 Å². The fourth-order valence-corrected chi connectivity index (χ4v) is 2.18. The van der Waals surface area contributed by atoms with E-state index in [9.17, 15) is 9.90 Å². The molecule has 0 saturated heterocycles. The van der Waals surface area contributed by atoms with Crippen LogP contribution in [-0.2, 0) is 9.53 Å². The van der Waals surface area contributed by atoms with E-state index in [1.165, 1.54) is 12.3 Å². The van der Waals surface area contributed by atoms with Crippen molar-refractivity contribution in [3.63, 3.8) is 0 Å². The van der Waals surface area contributed by atoms with Crippen molar-refractivity contribution in [1.82, 2.24) is 0 Å². The molecule has 2 atom stereocenters. The molecule has 2 aliphatic rings. The molecule has 1 saturated carbocycles. The Morgan fingerprint density at radius 1 is 1.54 bits per heavy atom. The van der Waals surface area contributed by atoms with Crippen LogP contribution in [0.15, 0.2) is 12.3 Å². The van der Waals surface area contributed by atoms with E-state index in [1.54, 1.807) is 0 Å². The number of allylic oxidation sites excluding steroid dienone is 1. The van der Waals surface area contributed by atoms with Gasteiger partial charge in [-0.2, -0.15) is 0 Å². The maximum Gasteiger partial charge on any atom is 0.162 e. The van der Waals surface area contributed by atoms with Crippen molar-refractivity contribution in [2.24, 2.45) is 0 Å². The first-order chi connectivity index (χ1) is 6.23. The molecule has 0 bridgehead atoms. The largest absolute Gasteiger partial charge is 0.492 e. The van der Waals surface area contributed by atoms with Gasteiger partial charge in [0, 0.05) is 6.08 Å². The zero-order valence-corrected chi connectivity index (χ0v) is 7.53. The molecule has 1 heterocycles. The molecule has 1 aliphatic heterocycles. The standard InChI is InChI=1S/C10H14O3/c11-8-4-6-13-10(7-8)5-2-1-3-9(10)12/h4,6,9,12H,1-3,5,7H2. The van der Waals surface area contributed by atoms with Crippen LogP contribution in [0.3, 0.4) is 0 Å². The van der Waals surface area contributed by atoms with Gasteiger partial charge in [-0.25, -0.2) is 0 Å². The van der Waals surface area contributed by atoms with Crippen LogP contribution in [0.25, 0.3) is 0 Å². The van der Waals surface area contributed by atoms with Crippen LogP contribution in [0.2, 0.25) is 0 Å². The summed E-state index contributed by atoms with van der Waals surface area (Å²) < 4.78 is 5.44. The van der Waals surface area contributed by atoms with Crippen LogP contribution in [-0.4, -0.2) is 22.6 Å². The third-order valence-electron chi connectivity index (χ3n) is 2.96. The van der Waals surface area contributed by atoms with E-state index in [1.807, 2.05) is 0 Å². The van der Waals surface area contributed by atoms with Crippen LogP contribution in [0, 0.1) is 0 Å². The smallest absolute Gasteiger partial charge is 0.162 e. The maximum absolute atomic E-state index is 11.2. The van der Waals surface area contributed by atoms with Gasteiger partial charge in [0.1, 0.15) is 5.60 Å². The Labute approximate surface area is 77.4 Å². The highest BCUT2D eigenvalue weighted by Crippen LogP contribution is 2.36. The summed E-state index contributed by atoms with van der Waals surface area (Å²) in [6.07, 6.45) is 6.35. The van der Waals surface area contributed by atoms with Crippen molar-refractivity contribution in [1.29, 1.82) is 0 Å². The van der Waals surface area contributed by atoms with Gasteiger partial charge >= 0.3 is 0 Å². The van der Waals surface area contributed by atoms with Gasteiger partial charge in [0.05, 0.1) is 18.8 Å². The highest BCUT2D eigenvalue weighted by Gasteiger charge is 2.44. The molecule has 1 aliphatic carbocycles. The lowest BCUT2D eigenvalue weighted by Crippen LogP contribution is -2.48. The number of hydrogen-bond donors (Lipinski definition) is 1. The Morgan fingerprint density at radius 2 is 2.38 bits per heavy atom. The van der Waals surface area contributed by atoms with E-state index in [0.29, 0.717) is 6.42 Å². The maximum atomic E-state index is 11.2. The summed E-state index contributed by atoms with van der Waals surface area (Å²) in [5, 5.41) is 9.79. The van der Waals surface area contributed by atoms with E-state index in [2.05, 4.69) is 0 Å². The third-order valence-corrected chi connectivity index (χ3v) is 2.96. The molecule has 1 N–H and O–H groups in total. The van der Waals surface area contributed by atoms with Crippen LogP contribution < -0.4 is 0 Å². The molecule has 0 radical (unpaired) electrons. The molecule has 0 aromatic rings. The number of rotatable bonds is 0. The molecule has 72 valence electrons. The van der Waals surface area contributed by atoms with E-state index in [0.717, 1.165) is 25.7 Å². The first-order valence-electron chi connectivity index (χ1n) is 4.78. The summed E-state index contributed by atoms with van der Waals surface area (Å²) in [7, 11) is 0. The predicted octanol–water partition coefficient (Wildman–Crippen LogP) is 1.16. The number of carbonyl (C=O) groups is 1. The summed E-state index contributed by atoms with van der Waals surface area (Å²) in [5.74, 6) is 0.0622. The zero-order valence-electron chi connectivity index (χ0n) is 7.53. The molecule has 0 aromatic heterocycles. The molecule has 1 spiro atoms. The molecule has 3 nitrogen and oxygen atoms in total. The van der Waals surface area contributed by atoms with Gasteiger partial charge in [-0.05, 0) is 19.3 Å². The zero-order chi connectivity index (χ0) is 9.31. The lowest BCUT2D eigenvalue weighted by atomic mass is 9.78. The van der Waals surface area contributed by atoms with Crippen molar-refractivity contribution in [3.8, 4) is 0 Å². The van der Waals surface area contributed by atoms with Crippen LogP contribution in [0.1, 0.15) is 32.1 Å². The Hall–Kier alpha value is -0.830. The third kappa shape index (κ3) is 1.48. The number of carbonyl (C=O) groups excluding carboxylic acids is 1. The minimum Gasteiger partial charge on any atom is -0.492 e. The summed E-state index contributed by atoms with van der Waals surface area (Å²) in [5.41, 5.74) is -0.593. The molecular formula is C10H14O3. The SMILES string of the molecule is O=C1C=COC2(CCCCC2O)C1. The van der Waals surface area contributed by atoms with E-state index in [-0.39, 0.29) is 5.78 Å². The Bertz CT molecular complexity index is 247. The fourth-order valence-electron chi connectivity index (χ4n) is 2.18. The molecular weight excluding hydrogens is 168 g/mol. The van der Waals surface area contributed by atoms with Crippen LogP contribution in [0.5, 0.6) is 0 Å². The number of aliphatic hydroxyl groups excluding tert-OH is 1. The van der Waals surface area contributed by atoms with Crippen molar-refractivity contribution < 1.29 is 14.6 Å².